The topological polar surface area (TPSA) is 88.4 Å². The molecule has 0 saturated heterocycles. The number of hydrogen-bond donors (Lipinski definition) is 0. The standard InChI is InChI=1S/C32H28BrFN2O6S/c1-5-41-31(38)28-18(2)35-32-36(29(28)21-15-25(39-3)26(40-4)16-22(21)33)30(37)27(43-32)14-19-10-7-9-13-24(19)42-17-20-11-6-8-12-23(20)34/h6-16,29H,5,17H2,1-4H3/b27-14-/t29-/m1/s1. The van der Waals surface area contributed by atoms with E-state index >= 15 is 0 Å². The summed E-state index contributed by atoms with van der Waals surface area (Å²) >= 11 is 4.80. The summed E-state index contributed by atoms with van der Waals surface area (Å²) in [6.07, 6.45) is 1.71. The van der Waals surface area contributed by atoms with E-state index in [0.717, 1.165) is 0 Å². The van der Waals surface area contributed by atoms with Crippen LogP contribution in [0.25, 0.3) is 6.08 Å². The Morgan fingerprint density at radius 2 is 1.77 bits per heavy atom. The Kier molecular flexibility index (Phi) is 9.12. The van der Waals surface area contributed by atoms with Gasteiger partial charge in [-0.15, -0.1) is 0 Å². The van der Waals surface area contributed by atoms with E-state index in [1.807, 2.05) is 12.1 Å². The zero-order valence-corrected chi connectivity index (χ0v) is 26.3. The molecule has 0 N–H and O–H groups in total. The number of carbonyl (C=O) groups excluding carboxylic acids is 1. The van der Waals surface area contributed by atoms with E-state index in [9.17, 15) is 14.0 Å². The third-order valence-corrected chi connectivity index (χ3v) is 8.53. The van der Waals surface area contributed by atoms with Gasteiger partial charge in [0.2, 0.25) is 0 Å². The number of halogens is 2. The molecule has 0 saturated carbocycles. The number of para-hydroxylation sites is 1. The molecular formula is C32H28BrFN2O6S. The molecule has 11 heteroatoms. The van der Waals surface area contributed by atoms with Crippen molar-refractivity contribution in [1.29, 1.82) is 0 Å². The SMILES string of the molecule is CCOC(=O)C1=C(C)N=c2s/c(=C\c3ccccc3OCc3ccccc3F)c(=O)n2[C@@H]1c1cc(OC)c(OC)cc1Br. The van der Waals surface area contributed by atoms with Crippen molar-refractivity contribution >= 4 is 39.3 Å². The number of fused-ring (bicyclic) bond motifs is 1. The van der Waals surface area contributed by atoms with Crippen LogP contribution in [0.1, 0.15) is 36.6 Å². The molecule has 4 aromatic rings. The van der Waals surface area contributed by atoms with Crippen molar-refractivity contribution in [2.45, 2.75) is 26.5 Å². The predicted molar refractivity (Wildman–Crippen MR) is 165 cm³/mol. The average molecular weight is 668 g/mol. The second kappa shape index (κ2) is 13.0. The first-order valence-corrected chi connectivity index (χ1v) is 14.9. The minimum absolute atomic E-state index is 0.0220. The highest BCUT2D eigenvalue weighted by Gasteiger charge is 2.35. The molecule has 1 atom stereocenters. The van der Waals surface area contributed by atoms with Gasteiger partial charge in [0.15, 0.2) is 16.3 Å². The summed E-state index contributed by atoms with van der Waals surface area (Å²) in [7, 11) is 3.04. The lowest BCUT2D eigenvalue weighted by molar-refractivity contribution is -0.139. The van der Waals surface area contributed by atoms with E-state index in [4.69, 9.17) is 18.9 Å². The van der Waals surface area contributed by atoms with Crippen LogP contribution in [0.15, 0.2) is 86.2 Å². The van der Waals surface area contributed by atoms with Crippen molar-refractivity contribution in [2.24, 2.45) is 4.99 Å². The van der Waals surface area contributed by atoms with Gasteiger partial charge in [-0.1, -0.05) is 63.7 Å². The van der Waals surface area contributed by atoms with Gasteiger partial charge < -0.3 is 18.9 Å². The Bertz CT molecular complexity index is 1920. The fourth-order valence-electron chi connectivity index (χ4n) is 4.81. The van der Waals surface area contributed by atoms with Gasteiger partial charge in [-0.25, -0.2) is 14.2 Å². The number of methoxy groups -OCH3 is 2. The maximum atomic E-state index is 14.2. The second-order valence-electron chi connectivity index (χ2n) is 9.45. The molecule has 8 nitrogen and oxygen atoms in total. The van der Waals surface area contributed by atoms with E-state index < -0.39 is 12.0 Å². The summed E-state index contributed by atoms with van der Waals surface area (Å²) in [5, 5.41) is 0. The smallest absolute Gasteiger partial charge is 0.338 e. The quantitative estimate of drug-likeness (QED) is 0.226. The number of allylic oxidation sites excluding steroid dienone is 1. The Hall–Kier alpha value is -4.22. The highest BCUT2D eigenvalue weighted by molar-refractivity contribution is 9.10. The van der Waals surface area contributed by atoms with Gasteiger partial charge in [-0.2, -0.15) is 0 Å². The van der Waals surface area contributed by atoms with Gasteiger partial charge in [0.25, 0.3) is 5.56 Å². The van der Waals surface area contributed by atoms with Crippen LogP contribution in [0.4, 0.5) is 4.39 Å². The Labute approximate surface area is 259 Å². The van der Waals surface area contributed by atoms with Crippen molar-refractivity contribution in [2.75, 3.05) is 20.8 Å². The third kappa shape index (κ3) is 6.00. The van der Waals surface area contributed by atoms with E-state index in [0.29, 0.717) is 53.4 Å². The third-order valence-electron chi connectivity index (χ3n) is 6.86. The fraction of sp³-hybridized carbons (Fsp3) is 0.219. The minimum Gasteiger partial charge on any atom is -0.493 e. The van der Waals surface area contributed by atoms with Crippen LogP contribution in [0.5, 0.6) is 17.2 Å². The normalized spacial score (nSPS) is 14.7. The molecule has 1 aromatic heterocycles. The zero-order chi connectivity index (χ0) is 30.7. The molecule has 0 radical (unpaired) electrons. The summed E-state index contributed by atoms with van der Waals surface area (Å²) in [4.78, 5) is 32.4. The number of aromatic nitrogens is 1. The molecule has 0 aliphatic carbocycles. The number of thiazole rings is 1. The molecule has 0 fully saturated rings. The van der Waals surface area contributed by atoms with E-state index in [1.165, 1.54) is 36.2 Å². The van der Waals surface area contributed by atoms with Crippen molar-refractivity contribution in [3.63, 3.8) is 0 Å². The summed E-state index contributed by atoms with van der Waals surface area (Å²) in [5.74, 6) is 0.468. The van der Waals surface area contributed by atoms with Crippen molar-refractivity contribution in [3.05, 3.63) is 119 Å². The number of esters is 1. The molecule has 0 amide bonds. The second-order valence-corrected chi connectivity index (χ2v) is 11.3. The molecule has 1 aliphatic heterocycles. The lowest BCUT2D eigenvalue weighted by Crippen LogP contribution is -2.40. The first-order valence-electron chi connectivity index (χ1n) is 13.3. The molecule has 5 rings (SSSR count). The van der Waals surface area contributed by atoms with Crippen LogP contribution in [-0.2, 0) is 16.1 Å². The molecule has 2 heterocycles. The number of hydrogen-bond acceptors (Lipinski definition) is 8. The molecule has 0 spiro atoms. The first kappa shape index (κ1) is 30.2. The van der Waals surface area contributed by atoms with Crippen LogP contribution >= 0.6 is 27.3 Å². The summed E-state index contributed by atoms with van der Waals surface area (Å²) in [6.45, 7) is 3.62. The number of rotatable bonds is 9. The lowest BCUT2D eigenvalue weighted by Gasteiger charge is -2.26. The molecule has 43 heavy (non-hydrogen) atoms. The van der Waals surface area contributed by atoms with Gasteiger partial charge in [-0.05, 0) is 49.8 Å². The molecule has 1 aliphatic rings. The highest BCUT2D eigenvalue weighted by atomic mass is 79.9. The Morgan fingerprint density at radius 1 is 1.07 bits per heavy atom. The number of ether oxygens (including phenoxy) is 4. The van der Waals surface area contributed by atoms with Gasteiger partial charge in [0.1, 0.15) is 18.2 Å². The molecular weight excluding hydrogens is 639 g/mol. The van der Waals surface area contributed by atoms with Crippen LogP contribution in [0, 0.1) is 5.82 Å². The molecule has 0 unspecified atom stereocenters. The van der Waals surface area contributed by atoms with Gasteiger partial charge >= 0.3 is 5.97 Å². The van der Waals surface area contributed by atoms with E-state index in [-0.39, 0.29) is 30.2 Å². The number of carbonyl (C=O) groups is 1. The number of benzene rings is 3. The Balaban J connectivity index is 1.66. The van der Waals surface area contributed by atoms with E-state index in [2.05, 4.69) is 20.9 Å². The van der Waals surface area contributed by atoms with Gasteiger partial charge in [0, 0.05) is 15.6 Å². The molecule has 0 bridgehead atoms. The van der Waals surface area contributed by atoms with Crippen LogP contribution < -0.4 is 29.1 Å². The van der Waals surface area contributed by atoms with Crippen LogP contribution in [0.3, 0.4) is 0 Å². The van der Waals surface area contributed by atoms with Crippen LogP contribution in [-0.4, -0.2) is 31.4 Å². The van der Waals surface area contributed by atoms with Crippen molar-refractivity contribution < 1.29 is 28.1 Å². The molecule has 222 valence electrons. The summed E-state index contributed by atoms with van der Waals surface area (Å²) in [5.41, 5.74) is 1.97. The number of nitrogens with zero attached hydrogens (tertiary/aromatic N) is 2. The van der Waals surface area contributed by atoms with Crippen LogP contribution in [0.2, 0.25) is 0 Å². The largest absolute Gasteiger partial charge is 0.493 e. The van der Waals surface area contributed by atoms with Gasteiger partial charge in [-0.3, -0.25) is 9.36 Å². The van der Waals surface area contributed by atoms with E-state index in [1.54, 1.807) is 62.4 Å². The lowest BCUT2D eigenvalue weighted by atomic mass is 9.95. The monoisotopic (exact) mass is 666 g/mol. The van der Waals surface area contributed by atoms with Crippen molar-refractivity contribution in [3.8, 4) is 17.2 Å². The fourth-order valence-corrected chi connectivity index (χ4v) is 6.39. The average Bonchev–Trinajstić information content (AvgIpc) is 3.30. The maximum Gasteiger partial charge on any atom is 0.338 e. The summed E-state index contributed by atoms with van der Waals surface area (Å²) < 4.78 is 39.0. The maximum absolute atomic E-state index is 14.2. The predicted octanol–water partition coefficient (Wildman–Crippen LogP) is 5.30. The Morgan fingerprint density at radius 3 is 2.49 bits per heavy atom. The minimum atomic E-state index is -0.862. The zero-order valence-electron chi connectivity index (χ0n) is 23.9. The van der Waals surface area contributed by atoms with Gasteiger partial charge in [0.05, 0.1) is 42.7 Å². The van der Waals surface area contributed by atoms with Crippen molar-refractivity contribution in [1.82, 2.24) is 4.57 Å². The molecule has 3 aromatic carbocycles. The summed E-state index contributed by atoms with van der Waals surface area (Å²) in [6, 6.07) is 16.2. The first-order chi connectivity index (χ1) is 20.8. The highest BCUT2D eigenvalue weighted by Crippen LogP contribution is 2.40.